The van der Waals surface area contributed by atoms with Crippen molar-refractivity contribution < 1.29 is 18.0 Å². The molecule has 0 spiro atoms. The number of hydrogen-bond donors (Lipinski definition) is 1. The first-order chi connectivity index (χ1) is 7.80. The Kier molecular flexibility index (Phi) is 3.87. The number of alkyl halides is 3. The van der Waals surface area contributed by atoms with Crippen molar-refractivity contribution >= 4 is 11.7 Å². The van der Waals surface area contributed by atoms with Crippen molar-refractivity contribution in [2.45, 2.75) is 6.18 Å². The first kappa shape index (κ1) is 13.2. The van der Waals surface area contributed by atoms with Crippen molar-refractivity contribution in [3.8, 4) is 0 Å². The van der Waals surface area contributed by atoms with Gasteiger partial charge in [0.2, 0.25) is 5.91 Å². The van der Waals surface area contributed by atoms with Crippen molar-refractivity contribution in [2.75, 3.05) is 26.0 Å². The van der Waals surface area contributed by atoms with Crippen LogP contribution in [-0.2, 0) is 11.0 Å². The van der Waals surface area contributed by atoms with Crippen LogP contribution in [-0.4, -0.2) is 41.6 Å². The fourth-order valence-electron chi connectivity index (χ4n) is 0.902. The van der Waals surface area contributed by atoms with E-state index in [0.29, 0.717) is 0 Å². The van der Waals surface area contributed by atoms with Gasteiger partial charge in [0, 0.05) is 14.1 Å². The molecule has 0 saturated heterocycles. The molecule has 0 aliphatic heterocycles. The molecule has 1 rings (SSSR count). The molecule has 0 atom stereocenters. The van der Waals surface area contributed by atoms with E-state index in [1.54, 1.807) is 14.1 Å². The molecule has 0 bridgehead atoms. The predicted octanol–water partition coefficient (Wildman–Crippen LogP) is 0.995. The molecule has 0 fully saturated rings. The molecular formula is C9H11F3N4O. The van der Waals surface area contributed by atoms with Crippen molar-refractivity contribution in [2.24, 2.45) is 0 Å². The number of nitrogens with one attached hydrogen (secondary N) is 1. The Bertz CT molecular complexity index is 388. The quantitative estimate of drug-likeness (QED) is 0.866. The smallest absolute Gasteiger partial charge is 0.360 e. The molecular weight excluding hydrogens is 237 g/mol. The zero-order valence-corrected chi connectivity index (χ0v) is 9.25. The molecule has 0 radical (unpaired) electrons. The fourth-order valence-corrected chi connectivity index (χ4v) is 0.902. The van der Waals surface area contributed by atoms with E-state index in [1.165, 1.54) is 4.90 Å². The topological polar surface area (TPSA) is 58.1 Å². The lowest BCUT2D eigenvalue weighted by atomic mass is 10.4. The molecule has 5 nitrogen and oxygen atoms in total. The minimum atomic E-state index is -4.51. The van der Waals surface area contributed by atoms with Gasteiger partial charge < -0.3 is 10.2 Å². The van der Waals surface area contributed by atoms with E-state index >= 15 is 0 Å². The number of carbonyl (C=O) groups excluding carboxylic acids is 1. The predicted molar refractivity (Wildman–Crippen MR) is 54.2 cm³/mol. The van der Waals surface area contributed by atoms with Crippen molar-refractivity contribution in [3.05, 3.63) is 17.8 Å². The van der Waals surface area contributed by atoms with Crippen LogP contribution < -0.4 is 5.32 Å². The second kappa shape index (κ2) is 4.98. The highest BCUT2D eigenvalue weighted by molar-refractivity contribution is 5.79. The highest BCUT2D eigenvalue weighted by atomic mass is 19.4. The second-order valence-electron chi connectivity index (χ2n) is 3.44. The van der Waals surface area contributed by atoms with Gasteiger partial charge in [-0.15, -0.1) is 10.2 Å². The second-order valence-corrected chi connectivity index (χ2v) is 3.44. The summed E-state index contributed by atoms with van der Waals surface area (Å²) in [7, 11) is 3.14. The maximum atomic E-state index is 12.2. The van der Waals surface area contributed by atoms with Crippen LogP contribution in [0.25, 0.3) is 0 Å². The number of amides is 1. The van der Waals surface area contributed by atoms with Crippen LogP contribution in [0.5, 0.6) is 0 Å². The highest BCUT2D eigenvalue weighted by Crippen LogP contribution is 2.26. The monoisotopic (exact) mass is 248 g/mol. The largest absolute Gasteiger partial charge is 0.435 e. The standard InChI is InChI=1S/C9H11F3N4O/c1-16(2)8(17)5-13-7-4-3-6(14-15-7)9(10,11)12/h3-4H,5H2,1-2H3,(H,13,15). The van der Waals surface area contributed by atoms with Crippen LogP contribution in [0, 0.1) is 0 Å². The lowest BCUT2D eigenvalue weighted by Gasteiger charge is -2.11. The van der Waals surface area contributed by atoms with E-state index in [9.17, 15) is 18.0 Å². The van der Waals surface area contributed by atoms with E-state index < -0.39 is 11.9 Å². The minimum absolute atomic E-state index is 0.0486. The zero-order chi connectivity index (χ0) is 13.1. The first-order valence-corrected chi connectivity index (χ1v) is 4.65. The van der Waals surface area contributed by atoms with Crippen LogP contribution in [0.15, 0.2) is 12.1 Å². The van der Waals surface area contributed by atoms with Crippen molar-refractivity contribution in [1.29, 1.82) is 0 Å². The Labute approximate surface area is 95.6 Å². The number of nitrogens with zero attached hydrogens (tertiary/aromatic N) is 3. The van der Waals surface area contributed by atoms with Gasteiger partial charge in [-0.1, -0.05) is 0 Å². The minimum Gasteiger partial charge on any atom is -0.360 e. The van der Waals surface area contributed by atoms with Crippen LogP contribution in [0.1, 0.15) is 5.69 Å². The zero-order valence-electron chi connectivity index (χ0n) is 9.25. The molecule has 1 N–H and O–H groups in total. The maximum absolute atomic E-state index is 12.2. The van der Waals surface area contributed by atoms with Gasteiger partial charge >= 0.3 is 6.18 Å². The van der Waals surface area contributed by atoms with Crippen molar-refractivity contribution in [3.63, 3.8) is 0 Å². The van der Waals surface area contributed by atoms with Gasteiger partial charge in [-0.2, -0.15) is 13.2 Å². The van der Waals surface area contributed by atoms with Gasteiger partial charge in [0.15, 0.2) is 5.69 Å². The van der Waals surface area contributed by atoms with Gasteiger partial charge in [0.05, 0.1) is 6.54 Å². The molecule has 0 aromatic carbocycles. The molecule has 1 aromatic rings. The highest BCUT2D eigenvalue weighted by Gasteiger charge is 2.32. The number of halogens is 3. The molecule has 94 valence electrons. The lowest BCUT2D eigenvalue weighted by molar-refractivity contribution is -0.141. The summed E-state index contributed by atoms with van der Waals surface area (Å²) in [5.41, 5.74) is -1.07. The van der Waals surface area contributed by atoms with Gasteiger partial charge in [-0.05, 0) is 12.1 Å². The Balaban J connectivity index is 2.61. The number of carbonyl (C=O) groups is 1. The average molecular weight is 248 g/mol. The van der Waals surface area contributed by atoms with Crippen molar-refractivity contribution in [1.82, 2.24) is 15.1 Å². The molecule has 8 heteroatoms. The normalized spacial score (nSPS) is 11.1. The van der Waals surface area contributed by atoms with Gasteiger partial charge in [0.25, 0.3) is 0 Å². The van der Waals surface area contributed by atoms with E-state index in [1.807, 2.05) is 0 Å². The summed E-state index contributed by atoms with van der Waals surface area (Å²) >= 11 is 0. The Morgan fingerprint density at radius 1 is 1.35 bits per heavy atom. The molecule has 0 unspecified atom stereocenters. The summed E-state index contributed by atoms with van der Waals surface area (Å²) < 4.78 is 36.5. The lowest BCUT2D eigenvalue weighted by Crippen LogP contribution is -2.28. The molecule has 1 heterocycles. The van der Waals surface area contributed by atoms with Gasteiger partial charge in [-0.3, -0.25) is 4.79 Å². The summed E-state index contributed by atoms with van der Waals surface area (Å²) in [5, 5.41) is 8.91. The number of anilines is 1. The van der Waals surface area contributed by atoms with Crippen LogP contribution >= 0.6 is 0 Å². The molecule has 0 saturated carbocycles. The third kappa shape index (κ3) is 3.89. The molecule has 1 aromatic heterocycles. The third-order valence-corrected chi connectivity index (χ3v) is 1.87. The van der Waals surface area contributed by atoms with Gasteiger partial charge in [-0.25, -0.2) is 0 Å². The van der Waals surface area contributed by atoms with E-state index in [2.05, 4.69) is 15.5 Å². The maximum Gasteiger partial charge on any atom is 0.435 e. The first-order valence-electron chi connectivity index (χ1n) is 4.65. The molecule has 1 amide bonds. The van der Waals surface area contributed by atoms with E-state index in [-0.39, 0.29) is 18.3 Å². The molecule has 17 heavy (non-hydrogen) atoms. The van der Waals surface area contributed by atoms with Gasteiger partial charge in [0.1, 0.15) is 5.82 Å². The summed E-state index contributed by atoms with van der Waals surface area (Å²) in [5.74, 6) is -0.0973. The Morgan fingerprint density at radius 3 is 2.41 bits per heavy atom. The third-order valence-electron chi connectivity index (χ3n) is 1.87. The van der Waals surface area contributed by atoms with E-state index in [0.717, 1.165) is 12.1 Å². The Hall–Kier alpha value is -1.86. The number of rotatable bonds is 3. The fraction of sp³-hybridized carbons (Fsp3) is 0.444. The van der Waals surface area contributed by atoms with Crippen LogP contribution in [0.3, 0.4) is 0 Å². The Morgan fingerprint density at radius 2 is 2.00 bits per heavy atom. The summed E-state index contributed by atoms with van der Waals surface area (Å²) in [6.07, 6.45) is -4.51. The number of likely N-dealkylation sites (N-methyl/N-ethyl adjacent to an activating group) is 1. The number of aromatic nitrogens is 2. The average Bonchev–Trinajstić information content (AvgIpc) is 2.25. The summed E-state index contributed by atoms with van der Waals surface area (Å²) in [6, 6.07) is 1.92. The number of hydrogen-bond acceptors (Lipinski definition) is 4. The summed E-state index contributed by atoms with van der Waals surface area (Å²) in [6.45, 7) is -0.0486. The molecule has 0 aliphatic rings. The van der Waals surface area contributed by atoms with Crippen LogP contribution in [0.2, 0.25) is 0 Å². The van der Waals surface area contributed by atoms with E-state index in [4.69, 9.17) is 0 Å². The summed E-state index contributed by atoms with van der Waals surface area (Å²) in [4.78, 5) is 12.5. The molecule has 0 aliphatic carbocycles. The SMILES string of the molecule is CN(C)C(=O)CNc1ccc(C(F)(F)F)nn1. The van der Waals surface area contributed by atoms with Crippen LogP contribution in [0.4, 0.5) is 19.0 Å².